The van der Waals surface area contributed by atoms with Crippen molar-refractivity contribution >= 4 is 11.9 Å². The van der Waals surface area contributed by atoms with Crippen molar-refractivity contribution in [1.29, 1.82) is 0 Å². The number of rotatable bonds is 8. The minimum Gasteiger partial charge on any atom is -0.462 e. The van der Waals surface area contributed by atoms with E-state index in [2.05, 4.69) is 6.92 Å². The molecule has 0 aliphatic carbocycles. The second-order valence-corrected chi connectivity index (χ2v) is 4.56. The molecule has 1 heterocycles. The molecule has 1 aromatic heterocycles. The Balaban J connectivity index is 2.72. The lowest BCUT2D eigenvalue weighted by atomic mass is 10.2. The van der Waals surface area contributed by atoms with E-state index in [4.69, 9.17) is 9.47 Å². The summed E-state index contributed by atoms with van der Waals surface area (Å²) in [4.78, 5) is 24.0. The molecule has 0 spiro atoms. The Morgan fingerprint density at radius 3 is 2.45 bits per heavy atom. The van der Waals surface area contributed by atoms with E-state index in [1.807, 2.05) is 7.05 Å². The fourth-order valence-electron chi connectivity index (χ4n) is 1.79. The SMILES string of the molecule is CCCCCOC(=O)[C@@H](C(=O)OCC)n1cc[n+](C)c1. The van der Waals surface area contributed by atoms with E-state index in [0.29, 0.717) is 6.61 Å². The van der Waals surface area contributed by atoms with Gasteiger partial charge in [-0.1, -0.05) is 19.8 Å². The van der Waals surface area contributed by atoms with Crippen LogP contribution in [0.15, 0.2) is 18.7 Å². The molecule has 1 rings (SSSR count). The van der Waals surface area contributed by atoms with Crippen LogP contribution in [0, 0.1) is 0 Å². The number of carbonyl (C=O) groups excluding carboxylic acids is 2. The molecular formula is C14H23N2O4+. The summed E-state index contributed by atoms with van der Waals surface area (Å²) in [5.74, 6) is -1.17. The van der Waals surface area contributed by atoms with Crippen molar-refractivity contribution in [1.82, 2.24) is 4.57 Å². The van der Waals surface area contributed by atoms with Crippen molar-refractivity contribution in [3.8, 4) is 0 Å². The number of hydrogen-bond donors (Lipinski definition) is 0. The van der Waals surface area contributed by atoms with Crippen LogP contribution in [0.3, 0.4) is 0 Å². The quantitative estimate of drug-likeness (QED) is 0.311. The smallest absolute Gasteiger partial charge is 0.363 e. The number of ether oxygens (including phenoxy) is 2. The van der Waals surface area contributed by atoms with Crippen LogP contribution in [-0.4, -0.2) is 29.7 Å². The first-order chi connectivity index (χ1) is 9.60. The van der Waals surface area contributed by atoms with Crippen molar-refractivity contribution in [3.63, 3.8) is 0 Å². The Labute approximate surface area is 119 Å². The largest absolute Gasteiger partial charge is 0.462 e. The Bertz CT molecular complexity index is 442. The van der Waals surface area contributed by atoms with Gasteiger partial charge in [0.15, 0.2) is 0 Å². The highest BCUT2D eigenvalue weighted by molar-refractivity contribution is 5.97. The maximum atomic E-state index is 12.1. The fraction of sp³-hybridized carbons (Fsp3) is 0.643. The zero-order chi connectivity index (χ0) is 15.0. The van der Waals surface area contributed by atoms with Crippen LogP contribution >= 0.6 is 0 Å². The first-order valence-corrected chi connectivity index (χ1v) is 6.96. The number of nitrogens with zero attached hydrogens (tertiary/aromatic N) is 2. The monoisotopic (exact) mass is 283 g/mol. The maximum Gasteiger partial charge on any atom is 0.363 e. The lowest BCUT2D eigenvalue weighted by Crippen LogP contribution is -2.32. The molecule has 0 amide bonds. The maximum absolute atomic E-state index is 12.1. The average Bonchev–Trinajstić information content (AvgIpc) is 2.81. The number of carbonyl (C=O) groups is 2. The second kappa shape index (κ2) is 8.35. The van der Waals surface area contributed by atoms with E-state index in [1.54, 1.807) is 30.2 Å². The predicted molar refractivity (Wildman–Crippen MR) is 71.8 cm³/mol. The van der Waals surface area contributed by atoms with Gasteiger partial charge < -0.3 is 9.47 Å². The average molecular weight is 283 g/mol. The van der Waals surface area contributed by atoms with Crippen molar-refractivity contribution in [2.75, 3.05) is 13.2 Å². The molecule has 112 valence electrons. The van der Waals surface area contributed by atoms with Crippen LogP contribution in [-0.2, 0) is 26.1 Å². The summed E-state index contributed by atoms with van der Waals surface area (Å²) in [5, 5.41) is 0. The lowest BCUT2D eigenvalue weighted by molar-refractivity contribution is -0.671. The number of aromatic nitrogens is 2. The Hall–Kier alpha value is -1.85. The van der Waals surface area contributed by atoms with Crippen molar-refractivity contribution in [3.05, 3.63) is 18.7 Å². The third kappa shape index (κ3) is 4.68. The van der Waals surface area contributed by atoms with E-state index in [9.17, 15) is 9.59 Å². The molecular weight excluding hydrogens is 260 g/mol. The third-order valence-electron chi connectivity index (χ3n) is 2.81. The van der Waals surface area contributed by atoms with E-state index in [-0.39, 0.29) is 6.61 Å². The Morgan fingerprint density at radius 1 is 1.20 bits per heavy atom. The van der Waals surface area contributed by atoms with Gasteiger partial charge in [0.25, 0.3) is 6.04 Å². The summed E-state index contributed by atoms with van der Waals surface area (Å²) in [6.45, 7) is 4.34. The highest BCUT2D eigenvalue weighted by Crippen LogP contribution is 2.11. The van der Waals surface area contributed by atoms with Crippen LogP contribution in [0.5, 0.6) is 0 Å². The topological polar surface area (TPSA) is 61.4 Å². The van der Waals surface area contributed by atoms with E-state index in [0.717, 1.165) is 19.3 Å². The van der Waals surface area contributed by atoms with Gasteiger partial charge >= 0.3 is 11.9 Å². The van der Waals surface area contributed by atoms with Crippen LogP contribution in [0.2, 0.25) is 0 Å². The number of imidazole rings is 1. The van der Waals surface area contributed by atoms with Crippen molar-refractivity contribution < 1.29 is 23.6 Å². The molecule has 0 bridgehead atoms. The molecule has 0 aromatic carbocycles. The molecule has 0 aliphatic rings. The van der Waals surface area contributed by atoms with Gasteiger partial charge in [-0.15, -0.1) is 0 Å². The molecule has 0 aliphatic heterocycles. The lowest BCUT2D eigenvalue weighted by Gasteiger charge is -2.12. The van der Waals surface area contributed by atoms with E-state index < -0.39 is 18.0 Å². The van der Waals surface area contributed by atoms with Crippen molar-refractivity contribution in [2.45, 2.75) is 39.2 Å². The summed E-state index contributed by atoms with van der Waals surface area (Å²) in [7, 11) is 1.81. The molecule has 1 aromatic rings. The first-order valence-electron chi connectivity index (χ1n) is 6.96. The highest BCUT2D eigenvalue weighted by Gasteiger charge is 2.36. The zero-order valence-electron chi connectivity index (χ0n) is 12.4. The van der Waals surface area contributed by atoms with Gasteiger partial charge in [0.2, 0.25) is 6.33 Å². The summed E-state index contributed by atoms with van der Waals surface area (Å²) in [6, 6.07) is -1.07. The molecule has 0 saturated heterocycles. The normalized spacial score (nSPS) is 11.9. The van der Waals surface area contributed by atoms with E-state index in [1.165, 1.54) is 4.57 Å². The van der Waals surface area contributed by atoms with Crippen molar-refractivity contribution in [2.24, 2.45) is 7.05 Å². The minimum atomic E-state index is -1.07. The van der Waals surface area contributed by atoms with Gasteiger partial charge in [-0.05, 0) is 13.3 Å². The van der Waals surface area contributed by atoms with Crippen LogP contribution in [0.4, 0.5) is 0 Å². The van der Waals surface area contributed by atoms with Gasteiger partial charge in [0.05, 0.1) is 20.3 Å². The molecule has 0 saturated carbocycles. The molecule has 6 nitrogen and oxygen atoms in total. The first kappa shape index (κ1) is 16.2. The number of esters is 2. The number of aryl methyl sites for hydroxylation is 1. The summed E-state index contributed by atoms with van der Waals surface area (Å²) >= 11 is 0. The zero-order valence-corrected chi connectivity index (χ0v) is 12.4. The fourth-order valence-corrected chi connectivity index (χ4v) is 1.79. The van der Waals surface area contributed by atoms with Gasteiger partial charge in [0, 0.05) is 0 Å². The van der Waals surface area contributed by atoms with E-state index >= 15 is 0 Å². The summed E-state index contributed by atoms with van der Waals surface area (Å²) in [5.41, 5.74) is 0. The van der Waals surface area contributed by atoms with Gasteiger partial charge in [-0.2, -0.15) is 0 Å². The van der Waals surface area contributed by atoms with Gasteiger partial charge in [-0.3, -0.25) is 0 Å². The summed E-state index contributed by atoms with van der Waals surface area (Å²) in [6.07, 6.45) is 7.89. The molecule has 0 fully saturated rings. The van der Waals surface area contributed by atoms with Gasteiger partial charge in [-0.25, -0.2) is 18.7 Å². The molecule has 0 N–H and O–H groups in total. The Kier molecular flexibility index (Phi) is 6.76. The second-order valence-electron chi connectivity index (χ2n) is 4.56. The van der Waals surface area contributed by atoms with Crippen LogP contribution in [0.25, 0.3) is 0 Å². The molecule has 0 unspecified atom stereocenters. The summed E-state index contributed by atoms with van der Waals surface area (Å²) < 4.78 is 13.4. The molecule has 6 heteroatoms. The Morgan fingerprint density at radius 2 is 1.90 bits per heavy atom. The number of unbranched alkanes of at least 4 members (excludes halogenated alkanes) is 2. The standard InChI is InChI=1S/C14H23N2O4/c1-4-6-7-10-20-14(18)12(13(17)19-5-2)16-9-8-15(3)11-16/h8-9,11-12H,4-7,10H2,1-3H3/q+1/t12-/m1/s1. The number of hydrogen-bond acceptors (Lipinski definition) is 4. The van der Waals surface area contributed by atoms with Crippen LogP contribution < -0.4 is 4.57 Å². The van der Waals surface area contributed by atoms with Gasteiger partial charge in [0.1, 0.15) is 12.4 Å². The highest BCUT2D eigenvalue weighted by atomic mass is 16.6. The van der Waals surface area contributed by atoms with Crippen LogP contribution in [0.1, 0.15) is 39.2 Å². The minimum absolute atomic E-state index is 0.228. The third-order valence-corrected chi connectivity index (χ3v) is 2.81. The molecule has 0 radical (unpaired) electrons. The predicted octanol–water partition coefficient (Wildman–Crippen LogP) is 1.15. The molecule has 20 heavy (non-hydrogen) atoms. The molecule has 1 atom stereocenters.